The summed E-state index contributed by atoms with van der Waals surface area (Å²) in [5, 5.41) is 0. The standard InChI is InChI=1S/C7H18N2O2S/c1-5-12(10,11)9(4)7(2,3)6-8/h5-6,8H2,1-4H3. The second-order valence-electron chi connectivity index (χ2n) is 3.38. The van der Waals surface area contributed by atoms with Gasteiger partial charge < -0.3 is 5.73 Å². The fourth-order valence-corrected chi connectivity index (χ4v) is 1.91. The Balaban J connectivity index is 4.72. The Kier molecular flexibility index (Phi) is 3.68. The van der Waals surface area contributed by atoms with Gasteiger partial charge in [-0.3, -0.25) is 0 Å². The van der Waals surface area contributed by atoms with Crippen LogP contribution in [-0.4, -0.2) is 37.6 Å². The van der Waals surface area contributed by atoms with Gasteiger partial charge in [0, 0.05) is 19.1 Å². The van der Waals surface area contributed by atoms with E-state index in [1.54, 1.807) is 27.8 Å². The van der Waals surface area contributed by atoms with Crippen molar-refractivity contribution < 1.29 is 8.42 Å². The van der Waals surface area contributed by atoms with Gasteiger partial charge in [0.15, 0.2) is 0 Å². The SMILES string of the molecule is CCS(=O)(=O)N(C)C(C)(C)CN. The van der Waals surface area contributed by atoms with Crippen LogP contribution in [0.2, 0.25) is 0 Å². The van der Waals surface area contributed by atoms with E-state index in [0.717, 1.165) is 0 Å². The predicted octanol–water partition coefficient (Wildman–Crippen LogP) is 0.00520. The number of nitrogens with two attached hydrogens (primary N) is 1. The van der Waals surface area contributed by atoms with Crippen molar-refractivity contribution in [1.82, 2.24) is 4.31 Å². The summed E-state index contributed by atoms with van der Waals surface area (Å²) in [7, 11) is -1.55. The monoisotopic (exact) mass is 194 g/mol. The quantitative estimate of drug-likeness (QED) is 0.685. The lowest BCUT2D eigenvalue weighted by molar-refractivity contribution is 0.274. The topological polar surface area (TPSA) is 63.4 Å². The van der Waals surface area contributed by atoms with E-state index in [1.807, 2.05) is 0 Å². The van der Waals surface area contributed by atoms with Gasteiger partial charge in [0.05, 0.1) is 5.75 Å². The molecule has 4 nitrogen and oxygen atoms in total. The van der Waals surface area contributed by atoms with E-state index in [9.17, 15) is 8.42 Å². The molecule has 5 heteroatoms. The Morgan fingerprint density at radius 2 is 1.83 bits per heavy atom. The Morgan fingerprint density at radius 1 is 1.42 bits per heavy atom. The average Bonchev–Trinajstić information content (AvgIpc) is 2.03. The molecule has 0 bridgehead atoms. The van der Waals surface area contributed by atoms with Gasteiger partial charge in [0.25, 0.3) is 0 Å². The maximum Gasteiger partial charge on any atom is 0.214 e. The molecule has 0 spiro atoms. The summed E-state index contributed by atoms with van der Waals surface area (Å²) in [6.45, 7) is 5.56. The molecule has 0 aromatic carbocycles. The summed E-state index contributed by atoms with van der Waals surface area (Å²) < 4.78 is 24.1. The van der Waals surface area contributed by atoms with Crippen molar-refractivity contribution in [3.05, 3.63) is 0 Å². The van der Waals surface area contributed by atoms with Gasteiger partial charge in [-0.1, -0.05) is 0 Å². The maximum absolute atomic E-state index is 11.4. The normalized spacial score (nSPS) is 13.8. The van der Waals surface area contributed by atoms with E-state index in [2.05, 4.69) is 0 Å². The number of hydrogen-bond acceptors (Lipinski definition) is 3. The molecule has 0 aromatic rings. The van der Waals surface area contributed by atoms with Gasteiger partial charge in [0.1, 0.15) is 0 Å². The average molecular weight is 194 g/mol. The minimum Gasteiger partial charge on any atom is -0.329 e. The van der Waals surface area contributed by atoms with Gasteiger partial charge in [-0.25, -0.2) is 8.42 Å². The van der Waals surface area contributed by atoms with Crippen LogP contribution in [0.5, 0.6) is 0 Å². The zero-order valence-corrected chi connectivity index (χ0v) is 8.98. The molecule has 0 atom stereocenters. The second-order valence-corrected chi connectivity index (χ2v) is 5.67. The Bertz CT molecular complexity index is 234. The zero-order chi connectivity index (χ0) is 9.99. The summed E-state index contributed by atoms with van der Waals surface area (Å²) in [6.07, 6.45) is 0. The van der Waals surface area contributed by atoms with Crippen molar-refractivity contribution in [3.8, 4) is 0 Å². The first kappa shape index (κ1) is 11.9. The van der Waals surface area contributed by atoms with Crippen LogP contribution in [0.4, 0.5) is 0 Å². The third-order valence-corrected chi connectivity index (χ3v) is 4.19. The molecule has 0 aliphatic rings. The van der Waals surface area contributed by atoms with Crippen molar-refractivity contribution in [3.63, 3.8) is 0 Å². The highest BCUT2D eigenvalue weighted by Crippen LogP contribution is 2.14. The second kappa shape index (κ2) is 3.72. The first-order valence-electron chi connectivity index (χ1n) is 3.94. The lowest BCUT2D eigenvalue weighted by Crippen LogP contribution is -2.50. The van der Waals surface area contributed by atoms with Crippen LogP contribution in [0.15, 0.2) is 0 Å². The molecular formula is C7H18N2O2S. The molecule has 2 N–H and O–H groups in total. The number of likely N-dealkylation sites (N-methyl/N-ethyl adjacent to an activating group) is 1. The largest absolute Gasteiger partial charge is 0.329 e. The third-order valence-electron chi connectivity index (χ3n) is 2.13. The first-order chi connectivity index (χ1) is 5.28. The van der Waals surface area contributed by atoms with Gasteiger partial charge in [-0.05, 0) is 20.8 Å². The number of rotatable bonds is 4. The highest BCUT2D eigenvalue weighted by molar-refractivity contribution is 7.89. The molecule has 12 heavy (non-hydrogen) atoms. The molecule has 0 saturated heterocycles. The van der Waals surface area contributed by atoms with Crippen molar-refractivity contribution >= 4 is 10.0 Å². The molecule has 74 valence electrons. The molecule has 0 aliphatic heterocycles. The Labute approximate surface area is 74.8 Å². The highest BCUT2D eigenvalue weighted by Gasteiger charge is 2.30. The van der Waals surface area contributed by atoms with Gasteiger partial charge in [-0.2, -0.15) is 4.31 Å². The van der Waals surface area contributed by atoms with Crippen molar-refractivity contribution in [1.29, 1.82) is 0 Å². The van der Waals surface area contributed by atoms with Gasteiger partial charge >= 0.3 is 0 Å². The molecule has 0 aromatic heterocycles. The number of nitrogens with zero attached hydrogens (tertiary/aromatic N) is 1. The fraction of sp³-hybridized carbons (Fsp3) is 1.00. The highest BCUT2D eigenvalue weighted by atomic mass is 32.2. The van der Waals surface area contributed by atoms with Crippen LogP contribution in [0.25, 0.3) is 0 Å². The summed E-state index contributed by atoms with van der Waals surface area (Å²) in [4.78, 5) is 0. The number of hydrogen-bond donors (Lipinski definition) is 1. The summed E-state index contributed by atoms with van der Waals surface area (Å²) in [6, 6.07) is 0. The van der Waals surface area contributed by atoms with E-state index in [-0.39, 0.29) is 5.75 Å². The number of sulfonamides is 1. The first-order valence-corrected chi connectivity index (χ1v) is 5.55. The third kappa shape index (κ3) is 2.43. The van der Waals surface area contributed by atoms with Crippen molar-refractivity contribution in [2.24, 2.45) is 5.73 Å². The molecule has 0 radical (unpaired) electrons. The van der Waals surface area contributed by atoms with Gasteiger partial charge in [-0.15, -0.1) is 0 Å². The van der Waals surface area contributed by atoms with E-state index in [1.165, 1.54) is 4.31 Å². The zero-order valence-electron chi connectivity index (χ0n) is 8.16. The van der Waals surface area contributed by atoms with E-state index < -0.39 is 15.6 Å². The summed E-state index contributed by atoms with van der Waals surface area (Å²) in [5.41, 5.74) is 4.96. The molecule has 0 aliphatic carbocycles. The van der Waals surface area contributed by atoms with E-state index in [4.69, 9.17) is 5.73 Å². The Hall–Kier alpha value is -0.130. The maximum atomic E-state index is 11.4. The van der Waals surface area contributed by atoms with Crippen molar-refractivity contribution in [2.75, 3.05) is 19.3 Å². The lowest BCUT2D eigenvalue weighted by Gasteiger charge is -2.32. The van der Waals surface area contributed by atoms with Crippen LogP contribution in [0.1, 0.15) is 20.8 Å². The van der Waals surface area contributed by atoms with Crippen LogP contribution in [-0.2, 0) is 10.0 Å². The van der Waals surface area contributed by atoms with Crippen LogP contribution in [0.3, 0.4) is 0 Å². The molecule has 0 rings (SSSR count). The molecule has 0 heterocycles. The smallest absolute Gasteiger partial charge is 0.214 e. The van der Waals surface area contributed by atoms with Gasteiger partial charge in [0.2, 0.25) is 10.0 Å². The molecule has 0 fully saturated rings. The minimum absolute atomic E-state index is 0.118. The lowest BCUT2D eigenvalue weighted by atomic mass is 10.1. The predicted molar refractivity (Wildman–Crippen MR) is 50.4 cm³/mol. The fourth-order valence-electron chi connectivity index (χ4n) is 0.699. The summed E-state index contributed by atoms with van der Waals surface area (Å²) in [5.74, 6) is 0.118. The van der Waals surface area contributed by atoms with E-state index in [0.29, 0.717) is 6.54 Å². The van der Waals surface area contributed by atoms with E-state index >= 15 is 0 Å². The van der Waals surface area contributed by atoms with Crippen LogP contribution < -0.4 is 5.73 Å². The minimum atomic E-state index is -3.11. The van der Waals surface area contributed by atoms with Crippen LogP contribution in [0, 0.1) is 0 Å². The van der Waals surface area contributed by atoms with Crippen LogP contribution >= 0.6 is 0 Å². The Morgan fingerprint density at radius 3 is 2.08 bits per heavy atom. The molecule has 0 saturated carbocycles. The van der Waals surface area contributed by atoms with Crippen molar-refractivity contribution in [2.45, 2.75) is 26.3 Å². The molecule has 0 amide bonds. The molecular weight excluding hydrogens is 176 g/mol. The summed E-state index contributed by atoms with van der Waals surface area (Å²) >= 11 is 0. The molecule has 0 unspecified atom stereocenters.